The molecule has 1 rings (SSSR count). The summed E-state index contributed by atoms with van der Waals surface area (Å²) in [5.74, 6) is 0. The van der Waals surface area contributed by atoms with Crippen molar-refractivity contribution in [3.05, 3.63) is 11.9 Å². The lowest BCUT2D eigenvalue weighted by Crippen LogP contribution is -2.42. The molecule has 0 aromatic heterocycles. The summed E-state index contributed by atoms with van der Waals surface area (Å²) in [4.78, 5) is 17.5. The second kappa shape index (κ2) is 3.88. The number of hydrogen-bond acceptors (Lipinski definition) is 4. The number of nitrogens with zero attached hydrogens (tertiary/aromatic N) is 1. The standard InChI is InChI=1S/C9H16N2O3/c1-9(2,3)14-8(12)11-5-7(6-11)10-13-4/h5,10H,6H2,1-4H3. The van der Waals surface area contributed by atoms with Crippen LogP contribution >= 0.6 is 0 Å². The van der Waals surface area contributed by atoms with Crippen LogP contribution in [0.3, 0.4) is 0 Å². The summed E-state index contributed by atoms with van der Waals surface area (Å²) in [6.07, 6.45) is 1.32. The normalized spacial score (nSPS) is 15.7. The Morgan fingerprint density at radius 1 is 1.57 bits per heavy atom. The maximum Gasteiger partial charge on any atom is 0.414 e. The van der Waals surface area contributed by atoms with E-state index >= 15 is 0 Å². The van der Waals surface area contributed by atoms with Crippen molar-refractivity contribution in [2.45, 2.75) is 26.4 Å². The average molecular weight is 200 g/mol. The van der Waals surface area contributed by atoms with E-state index in [1.54, 1.807) is 6.20 Å². The molecular formula is C9H16N2O3. The molecular weight excluding hydrogens is 184 g/mol. The van der Waals surface area contributed by atoms with Crippen LogP contribution in [0, 0.1) is 0 Å². The first-order valence-electron chi connectivity index (χ1n) is 4.42. The molecule has 0 fully saturated rings. The number of nitrogens with one attached hydrogen (secondary N) is 1. The molecule has 1 amide bonds. The molecule has 0 saturated heterocycles. The van der Waals surface area contributed by atoms with Gasteiger partial charge < -0.3 is 4.74 Å². The zero-order chi connectivity index (χ0) is 10.8. The lowest BCUT2D eigenvalue weighted by molar-refractivity contribution is 0.0269. The molecule has 0 atom stereocenters. The van der Waals surface area contributed by atoms with Gasteiger partial charge >= 0.3 is 6.09 Å². The maximum absolute atomic E-state index is 11.4. The molecule has 1 heterocycles. The van der Waals surface area contributed by atoms with Gasteiger partial charge in [0.15, 0.2) is 0 Å². The largest absolute Gasteiger partial charge is 0.443 e. The lowest BCUT2D eigenvalue weighted by Gasteiger charge is -2.31. The number of hydroxylamine groups is 1. The molecule has 0 bridgehead atoms. The minimum atomic E-state index is -0.449. The van der Waals surface area contributed by atoms with Crippen molar-refractivity contribution >= 4 is 6.09 Å². The molecule has 0 unspecified atom stereocenters. The van der Waals surface area contributed by atoms with Gasteiger partial charge in [-0.15, -0.1) is 0 Å². The molecule has 5 nitrogen and oxygen atoms in total. The third-order valence-corrected chi connectivity index (χ3v) is 1.51. The molecule has 1 aliphatic heterocycles. The summed E-state index contributed by atoms with van der Waals surface area (Å²) in [5.41, 5.74) is 3.05. The van der Waals surface area contributed by atoms with Gasteiger partial charge in [0.2, 0.25) is 0 Å². The molecule has 0 aliphatic carbocycles. The van der Waals surface area contributed by atoms with Crippen molar-refractivity contribution in [3.8, 4) is 0 Å². The topological polar surface area (TPSA) is 50.8 Å². The Morgan fingerprint density at radius 2 is 2.14 bits per heavy atom. The van der Waals surface area contributed by atoms with Gasteiger partial charge in [0.1, 0.15) is 5.60 Å². The monoisotopic (exact) mass is 200 g/mol. The highest BCUT2D eigenvalue weighted by Gasteiger charge is 2.26. The Hall–Kier alpha value is -1.23. The van der Waals surface area contributed by atoms with E-state index in [4.69, 9.17) is 4.74 Å². The fourth-order valence-electron chi connectivity index (χ4n) is 0.973. The van der Waals surface area contributed by atoms with Crippen molar-refractivity contribution in [1.82, 2.24) is 10.4 Å². The average Bonchev–Trinajstić information content (AvgIpc) is 1.91. The summed E-state index contributed by atoms with van der Waals surface area (Å²) in [7, 11) is 1.52. The van der Waals surface area contributed by atoms with Crippen LogP contribution in [-0.4, -0.2) is 30.2 Å². The molecule has 0 aromatic carbocycles. The zero-order valence-corrected chi connectivity index (χ0v) is 8.96. The molecule has 0 aromatic rings. The molecule has 5 heteroatoms. The first kappa shape index (κ1) is 10.8. The van der Waals surface area contributed by atoms with Crippen LogP contribution in [-0.2, 0) is 9.57 Å². The molecule has 0 saturated carbocycles. The van der Waals surface area contributed by atoms with Gasteiger partial charge in [0.05, 0.1) is 19.4 Å². The predicted molar refractivity (Wildman–Crippen MR) is 51.2 cm³/mol. The minimum absolute atomic E-state index is 0.334. The Labute approximate surface area is 83.6 Å². The van der Waals surface area contributed by atoms with Crippen molar-refractivity contribution < 1.29 is 14.4 Å². The molecule has 1 aliphatic rings. The Bertz CT molecular complexity index is 255. The molecule has 1 N–H and O–H groups in total. The number of carbonyl (C=O) groups is 1. The smallest absolute Gasteiger partial charge is 0.414 e. The van der Waals surface area contributed by atoms with Crippen LogP contribution in [0.2, 0.25) is 0 Å². The fourth-order valence-corrected chi connectivity index (χ4v) is 0.973. The van der Waals surface area contributed by atoms with Gasteiger partial charge in [0.25, 0.3) is 0 Å². The first-order valence-corrected chi connectivity index (χ1v) is 4.42. The second-order valence-corrected chi connectivity index (χ2v) is 4.07. The van der Waals surface area contributed by atoms with Gasteiger partial charge in [-0.3, -0.25) is 15.2 Å². The van der Waals surface area contributed by atoms with E-state index in [1.807, 2.05) is 20.8 Å². The number of ether oxygens (including phenoxy) is 1. The van der Waals surface area contributed by atoms with Crippen molar-refractivity contribution in [3.63, 3.8) is 0 Å². The van der Waals surface area contributed by atoms with Gasteiger partial charge in [-0.25, -0.2) is 4.79 Å². The van der Waals surface area contributed by atoms with E-state index in [-0.39, 0.29) is 6.09 Å². The zero-order valence-electron chi connectivity index (χ0n) is 8.96. The van der Waals surface area contributed by atoms with E-state index in [2.05, 4.69) is 10.3 Å². The van der Waals surface area contributed by atoms with Gasteiger partial charge in [-0.2, -0.15) is 0 Å². The van der Waals surface area contributed by atoms with Crippen molar-refractivity contribution in [2.75, 3.05) is 13.7 Å². The van der Waals surface area contributed by atoms with Crippen molar-refractivity contribution in [2.24, 2.45) is 0 Å². The van der Waals surface area contributed by atoms with Crippen molar-refractivity contribution in [1.29, 1.82) is 0 Å². The minimum Gasteiger partial charge on any atom is -0.443 e. The number of rotatable bonds is 2. The highest BCUT2D eigenvalue weighted by Crippen LogP contribution is 2.16. The van der Waals surface area contributed by atoms with Crippen LogP contribution in [0.15, 0.2) is 11.9 Å². The number of hydrogen-bond donors (Lipinski definition) is 1. The molecule has 14 heavy (non-hydrogen) atoms. The Balaban J connectivity index is 2.37. The van der Waals surface area contributed by atoms with E-state index in [9.17, 15) is 4.79 Å². The summed E-state index contributed by atoms with van der Waals surface area (Å²) >= 11 is 0. The Morgan fingerprint density at radius 3 is 2.57 bits per heavy atom. The Kier molecular flexibility index (Phi) is 3.00. The van der Waals surface area contributed by atoms with Crippen LogP contribution in [0.5, 0.6) is 0 Å². The van der Waals surface area contributed by atoms with Crippen LogP contribution < -0.4 is 5.48 Å². The summed E-state index contributed by atoms with van der Waals surface area (Å²) in [6, 6.07) is 0. The van der Waals surface area contributed by atoms with E-state index < -0.39 is 5.60 Å². The fraction of sp³-hybridized carbons (Fsp3) is 0.667. The van der Waals surface area contributed by atoms with E-state index in [1.165, 1.54) is 12.0 Å². The van der Waals surface area contributed by atoms with Crippen LogP contribution in [0.1, 0.15) is 20.8 Å². The van der Waals surface area contributed by atoms with Gasteiger partial charge in [-0.05, 0) is 20.8 Å². The summed E-state index contributed by atoms with van der Waals surface area (Å²) in [5, 5.41) is 0. The number of amides is 1. The third-order valence-electron chi connectivity index (χ3n) is 1.51. The number of carbonyl (C=O) groups excluding carboxylic acids is 1. The highest BCUT2D eigenvalue weighted by molar-refractivity contribution is 5.71. The van der Waals surface area contributed by atoms with Crippen LogP contribution in [0.4, 0.5) is 4.79 Å². The summed E-state index contributed by atoms with van der Waals surface area (Å²) < 4.78 is 5.14. The molecule has 80 valence electrons. The molecule has 0 radical (unpaired) electrons. The maximum atomic E-state index is 11.4. The second-order valence-electron chi connectivity index (χ2n) is 4.07. The molecule has 0 spiro atoms. The van der Waals surface area contributed by atoms with Gasteiger partial charge in [0, 0.05) is 6.20 Å². The van der Waals surface area contributed by atoms with Crippen LogP contribution in [0.25, 0.3) is 0 Å². The quantitative estimate of drug-likeness (QED) is 0.681. The third kappa shape index (κ3) is 2.92. The lowest BCUT2D eigenvalue weighted by atomic mass is 10.2. The van der Waals surface area contributed by atoms with Gasteiger partial charge in [-0.1, -0.05) is 0 Å². The SMILES string of the molecule is CONC1=CN(C(=O)OC(C)(C)C)C1. The predicted octanol–water partition coefficient (Wildman–Crippen LogP) is 1.23. The van der Waals surface area contributed by atoms with E-state index in [0.717, 1.165) is 5.70 Å². The highest BCUT2D eigenvalue weighted by atomic mass is 16.6. The van der Waals surface area contributed by atoms with E-state index in [0.29, 0.717) is 6.54 Å². The first-order chi connectivity index (χ1) is 6.42. The summed E-state index contributed by atoms with van der Waals surface area (Å²) in [6.45, 7) is 6.01.